The molecule has 0 aliphatic heterocycles. The molecule has 1 aromatic carbocycles. The van der Waals surface area contributed by atoms with Gasteiger partial charge in [0.15, 0.2) is 0 Å². The third kappa shape index (κ3) is 3.53. The van der Waals surface area contributed by atoms with Gasteiger partial charge >= 0.3 is 0 Å². The molecule has 0 aliphatic carbocycles. The van der Waals surface area contributed by atoms with E-state index in [4.69, 9.17) is 16.3 Å². The molecule has 0 saturated carbocycles. The zero-order chi connectivity index (χ0) is 14.6. The molecule has 2 rings (SSSR count). The van der Waals surface area contributed by atoms with Gasteiger partial charge in [0.25, 0.3) is 0 Å². The van der Waals surface area contributed by atoms with Crippen LogP contribution in [-0.2, 0) is 16.4 Å². The van der Waals surface area contributed by atoms with Crippen molar-refractivity contribution < 1.29 is 13.2 Å². The Morgan fingerprint density at radius 1 is 1.35 bits per heavy atom. The van der Waals surface area contributed by atoms with Crippen LogP contribution in [0.1, 0.15) is 5.56 Å². The van der Waals surface area contributed by atoms with Crippen LogP contribution in [0.25, 0.3) is 0 Å². The van der Waals surface area contributed by atoms with E-state index in [0.29, 0.717) is 18.0 Å². The highest BCUT2D eigenvalue weighted by Crippen LogP contribution is 2.26. The van der Waals surface area contributed by atoms with E-state index >= 15 is 0 Å². The predicted octanol–water partition coefficient (Wildman–Crippen LogP) is 2.20. The van der Waals surface area contributed by atoms with Gasteiger partial charge in [-0.25, -0.2) is 13.1 Å². The summed E-state index contributed by atoms with van der Waals surface area (Å²) in [6.45, 7) is 0.301. The lowest BCUT2D eigenvalue weighted by atomic mass is 10.2. The molecule has 0 fully saturated rings. The van der Waals surface area contributed by atoms with Crippen LogP contribution in [0, 0.1) is 0 Å². The molecule has 0 bridgehead atoms. The van der Waals surface area contributed by atoms with E-state index in [1.807, 2.05) is 12.3 Å². The van der Waals surface area contributed by atoms with E-state index in [9.17, 15) is 8.42 Å². The summed E-state index contributed by atoms with van der Waals surface area (Å²) in [5.74, 6) is 0.267. The van der Waals surface area contributed by atoms with Crippen molar-refractivity contribution in [2.24, 2.45) is 0 Å². The number of H-pyrrole nitrogens is 1. The Morgan fingerprint density at radius 2 is 2.15 bits per heavy atom. The van der Waals surface area contributed by atoms with Crippen LogP contribution < -0.4 is 9.46 Å². The van der Waals surface area contributed by atoms with Crippen LogP contribution >= 0.6 is 11.6 Å². The fourth-order valence-electron chi connectivity index (χ4n) is 1.78. The second-order valence-electron chi connectivity index (χ2n) is 4.16. The van der Waals surface area contributed by atoms with Crippen molar-refractivity contribution in [2.45, 2.75) is 11.3 Å². The molecular formula is C13H15ClN2O3S. The minimum atomic E-state index is -3.65. The van der Waals surface area contributed by atoms with E-state index < -0.39 is 10.0 Å². The van der Waals surface area contributed by atoms with Gasteiger partial charge in [0, 0.05) is 24.0 Å². The maximum Gasteiger partial charge on any atom is 0.244 e. The number of methoxy groups -OCH3 is 1. The van der Waals surface area contributed by atoms with E-state index in [1.54, 1.807) is 12.3 Å². The van der Waals surface area contributed by atoms with Crippen LogP contribution in [0.5, 0.6) is 5.75 Å². The first-order valence-corrected chi connectivity index (χ1v) is 7.84. The number of rotatable bonds is 6. The Morgan fingerprint density at radius 3 is 2.80 bits per heavy atom. The van der Waals surface area contributed by atoms with Crippen LogP contribution in [-0.4, -0.2) is 27.1 Å². The molecule has 5 nitrogen and oxygen atoms in total. The summed E-state index contributed by atoms with van der Waals surface area (Å²) in [6.07, 6.45) is 4.23. The molecule has 7 heteroatoms. The Labute approximate surface area is 123 Å². The first kappa shape index (κ1) is 14.9. The highest BCUT2D eigenvalue weighted by Gasteiger charge is 2.19. The van der Waals surface area contributed by atoms with E-state index in [1.165, 1.54) is 19.2 Å². The highest BCUT2D eigenvalue weighted by molar-refractivity contribution is 7.89. The molecule has 0 amide bonds. The summed E-state index contributed by atoms with van der Waals surface area (Å²) in [7, 11) is -2.23. The number of hydrogen-bond donors (Lipinski definition) is 2. The Kier molecular flexibility index (Phi) is 4.69. The third-order valence-corrected chi connectivity index (χ3v) is 4.50. The number of hydrogen-bond acceptors (Lipinski definition) is 3. The minimum absolute atomic E-state index is 0.0431. The summed E-state index contributed by atoms with van der Waals surface area (Å²) >= 11 is 5.84. The number of aromatic nitrogens is 1. The van der Waals surface area contributed by atoms with Crippen LogP contribution in [0.15, 0.2) is 41.6 Å². The van der Waals surface area contributed by atoms with Crippen LogP contribution in [0.2, 0.25) is 5.02 Å². The molecule has 0 unspecified atom stereocenters. The molecule has 0 radical (unpaired) electrons. The second-order valence-corrected chi connectivity index (χ2v) is 6.33. The molecule has 2 N–H and O–H groups in total. The number of aromatic amines is 1. The maximum absolute atomic E-state index is 12.2. The Bertz CT molecular complexity index is 669. The summed E-state index contributed by atoms with van der Waals surface area (Å²) in [6, 6.07) is 6.38. The number of halogens is 1. The fourth-order valence-corrected chi connectivity index (χ4v) is 3.24. The quantitative estimate of drug-likeness (QED) is 0.858. The van der Waals surface area contributed by atoms with Crippen molar-refractivity contribution in [3.63, 3.8) is 0 Å². The zero-order valence-electron chi connectivity index (χ0n) is 10.9. The smallest absolute Gasteiger partial charge is 0.244 e. The van der Waals surface area contributed by atoms with Gasteiger partial charge in [0.1, 0.15) is 10.6 Å². The van der Waals surface area contributed by atoms with E-state index in [-0.39, 0.29) is 10.6 Å². The largest absolute Gasteiger partial charge is 0.495 e. The summed E-state index contributed by atoms with van der Waals surface area (Å²) in [5, 5.41) is 0.344. The van der Waals surface area contributed by atoms with Gasteiger partial charge in [-0.2, -0.15) is 0 Å². The summed E-state index contributed by atoms with van der Waals surface area (Å²) in [4.78, 5) is 2.96. The molecule has 0 saturated heterocycles. The van der Waals surface area contributed by atoms with E-state index in [2.05, 4.69) is 9.71 Å². The lowest BCUT2D eigenvalue weighted by Crippen LogP contribution is -2.26. The lowest BCUT2D eigenvalue weighted by Gasteiger charge is -2.10. The van der Waals surface area contributed by atoms with Crippen molar-refractivity contribution in [1.29, 1.82) is 0 Å². The van der Waals surface area contributed by atoms with Crippen molar-refractivity contribution in [3.8, 4) is 5.75 Å². The molecule has 0 atom stereocenters. The summed E-state index contributed by atoms with van der Waals surface area (Å²) < 4.78 is 32.1. The van der Waals surface area contributed by atoms with Crippen molar-refractivity contribution in [2.75, 3.05) is 13.7 Å². The number of nitrogens with one attached hydrogen (secondary N) is 2. The molecule has 1 heterocycles. The minimum Gasteiger partial charge on any atom is -0.495 e. The maximum atomic E-state index is 12.2. The highest BCUT2D eigenvalue weighted by atomic mass is 35.5. The van der Waals surface area contributed by atoms with Crippen molar-refractivity contribution >= 4 is 21.6 Å². The molecule has 0 spiro atoms. The molecular weight excluding hydrogens is 300 g/mol. The standard InChI is InChI=1S/C13H15ClN2O3S/c1-19-12-3-2-11(14)8-13(12)20(17,18)16-7-5-10-4-6-15-9-10/h2-4,6,8-9,15-16H,5,7H2,1H3. The Hall–Kier alpha value is -1.50. The Balaban J connectivity index is 2.11. The zero-order valence-corrected chi connectivity index (χ0v) is 12.5. The monoisotopic (exact) mass is 314 g/mol. The average Bonchev–Trinajstić information content (AvgIpc) is 2.91. The van der Waals surface area contributed by atoms with Gasteiger partial charge in [-0.1, -0.05) is 11.6 Å². The average molecular weight is 315 g/mol. The van der Waals surface area contributed by atoms with Crippen molar-refractivity contribution in [1.82, 2.24) is 9.71 Å². The normalized spacial score (nSPS) is 11.5. The summed E-state index contributed by atoms with van der Waals surface area (Å²) in [5.41, 5.74) is 1.03. The topological polar surface area (TPSA) is 71.2 Å². The SMILES string of the molecule is COc1ccc(Cl)cc1S(=O)(=O)NCCc1cc[nH]c1. The second kappa shape index (κ2) is 6.30. The molecule has 108 valence electrons. The van der Waals surface area contributed by atoms with Gasteiger partial charge in [-0.15, -0.1) is 0 Å². The first-order chi connectivity index (χ1) is 9.53. The molecule has 1 aromatic heterocycles. The van der Waals surface area contributed by atoms with Gasteiger partial charge < -0.3 is 9.72 Å². The first-order valence-electron chi connectivity index (χ1n) is 5.98. The van der Waals surface area contributed by atoms with Crippen molar-refractivity contribution in [3.05, 3.63) is 47.2 Å². The number of benzene rings is 1. The van der Waals surface area contributed by atoms with Gasteiger partial charge in [-0.3, -0.25) is 0 Å². The van der Waals surface area contributed by atoms with Crippen LogP contribution in [0.3, 0.4) is 0 Å². The molecule has 20 heavy (non-hydrogen) atoms. The van der Waals surface area contributed by atoms with Gasteiger partial charge in [0.05, 0.1) is 7.11 Å². The van der Waals surface area contributed by atoms with Gasteiger partial charge in [0.2, 0.25) is 10.0 Å². The number of ether oxygens (including phenoxy) is 1. The third-order valence-electron chi connectivity index (χ3n) is 2.78. The fraction of sp³-hybridized carbons (Fsp3) is 0.231. The van der Waals surface area contributed by atoms with Gasteiger partial charge in [-0.05, 0) is 36.2 Å². The molecule has 2 aromatic rings. The van der Waals surface area contributed by atoms with E-state index in [0.717, 1.165) is 5.56 Å². The predicted molar refractivity (Wildman–Crippen MR) is 77.7 cm³/mol. The van der Waals surface area contributed by atoms with Crippen LogP contribution in [0.4, 0.5) is 0 Å². The lowest BCUT2D eigenvalue weighted by molar-refractivity contribution is 0.402. The molecule has 0 aliphatic rings. The number of sulfonamides is 1.